The average Bonchev–Trinajstić information content (AvgIpc) is 2.58. The molecule has 1 aromatic rings. The maximum atomic E-state index is 11.8. The average molecular weight is 507 g/mol. The fourth-order valence-electron chi connectivity index (χ4n) is 2.26. The molecule has 0 aliphatic heterocycles. The summed E-state index contributed by atoms with van der Waals surface area (Å²) in [6, 6.07) is 6.08. The molecule has 28 heavy (non-hydrogen) atoms. The van der Waals surface area contributed by atoms with Gasteiger partial charge in [0, 0.05) is 39.3 Å². The maximum absolute atomic E-state index is 11.8. The number of ether oxygens (including phenoxy) is 3. The summed E-state index contributed by atoms with van der Waals surface area (Å²) in [6.45, 7) is 9.37. The molecule has 1 rings (SSSR count). The Labute approximate surface area is 185 Å². The number of hydrogen-bond acceptors (Lipinski definition) is 5. The summed E-state index contributed by atoms with van der Waals surface area (Å²) in [4.78, 5) is 16.0. The summed E-state index contributed by atoms with van der Waals surface area (Å²) in [5, 5.41) is 6.15. The van der Waals surface area contributed by atoms with Crippen LogP contribution in [-0.4, -0.2) is 51.4 Å². The van der Waals surface area contributed by atoms with Crippen LogP contribution in [-0.2, 0) is 20.8 Å². The zero-order valence-electron chi connectivity index (χ0n) is 17.8. The second kappa shape index (κ2) is 13.6. The third kappa shape index (κ3) is 11.3. The molecule has 0 aliphatic rings. The van der Waals surface area contributed by atoms with Gasteiger partial charge in [0.15, 0.2) is 5.96 Å². The van der Waals surface area contributed by atoms with Gasteiger partial charge in [-0.2, -0.15) is 0 Å². The summed E-state index contributed by atoms with van der Waals surface area (Å²) < 4.78 is 16.2. The van der Waals surface area contributed by atoms with Gasteiger partial charge in [0.05, 0.1) is 6.61 Å². The molecule has 8 heteroatoms. The van der Waals surface area contributed by atoms with Gasteiger partial charge in [-0.25, -0.2) is 0 Å². The van der Waals surface area contributed by atoms with Crippen LogP contribution in [0.3, 0.4) is 0 Å². The Balaban J connectivity index is 0.00000729. The number of hydrogen-bond donors (Lipinski definition) is 2. The van der Waals surface area contributed by atoms with Crippen molar-refractivity contribution in [2.24, 2.45) is 4.99 Å². The quantitative estimate of drug-likeness (QED) is 0.176. The van der Waals surface area contributed by atoms with Crippen molar-refractivity contribution >= 4 is 35.9 Å². The van der Waals surface area contributed by atoms with Crippen LogP contribution in [0.15, 0.2) is 23.2 Å². The van der Waals surface area contributed by atoms with E-state index in [-0.39, 0.29) is 36.5 Å². The molecular formula is C20H34IN3O4. The van der Waals surface area contributed by atoms with Crippen molar-refractivity contribution in [3.05, 3.63) is 29.3 Å². The number of nitrogens with one attached hydrogen (secondary N) is 2. The molecule has 0 aliphatic carbocycles. The van der Waals surface area contributed by atoms with Crippen LogP contribution in [0, 0.1) is 6.92 Å². The molecule has 0 fully saturated rings. The van der Waals surface area contributed by atoms with Crippen molar-refractivity contribution in [2.45, 2.75) is 46.3 Å². The number of methoxy groups -OCH3 is 1. The molecule has 7 nitrogen and oxygen atoms in total. The monoisotopic (exact) mass is 507 g/mol. The van der Waals surface area contributed by atoms with Gasteiger partial charge >= 0.3 is 5.97 Å². The highest BCUT2D eigenvalue weighted by atomic mass is 127. The Kier molecular flexibility index (Phi) is 12.8. The van der Waals surface area contributed by atoms with Gasteiger partial charge in [-0.1, -0.05) is 12.1 Å². The lowest BCUT2D eigenvalue weighted by molar-refractivity contribution is -0.153. The summed E-state index contributed by atoms with van der Waals surface area (Å²) in [5.41, 5.74) is 1.64. The molecule has 0 amide bonds. The molecule has 160 valence electrons. The zero-order chi connectivity index (χ0) is 20.3. The van der Waals surface area contributed by atoms with Gasteiger partial charge in [-0.3, -0.25) is 9.79 Å². The van der Waals surface area contributed by atoms with Crippen molar-refractivity contribution in [3.63, 3.8) is 0 Å². The van der Waals surface area contributed by atoms with E-state index in [1.807, 2.05) is 45.9 Å². The molecule has 0 saturated heterocycles. The van der Waals surface area contributed by atoms with E-state index in [9.17, 15) is 4.79 Å². The molecule has 0 unspecified atom stereocenters. The summed E-state index contributed by atoms with van der Waals surface area (Å²) in [6.07, 6.45) is 0.830. The van der Waals surface area contributed by atoms with Crippen LogP contribution in [0.1, 0.15) is 38.3 Å². The van der Waals surface area contributed by atoms with Crippen LogP contribution in [0.2, 0.25) is 0 Å². The van der Waals surface area contributed by atoms with Gasteiger partial charge in [-0.05, 0) is 39.3 Å². The summed E-state index contributed by atoms with van der Waals surface area (Å²) in [7, 11) is 3.33. The first-order valence-corrected chi connectivity index (χ1v) is 9.13. The molecule has 0 radical (unpaired) electrons. The first-order chi connectivity index (χ1) is 12.7. The standard InChI is InChI=1S/C20H33N3O4.HI/c1-15-8-9-16(17(12-15)26-11-7-10-25-6)13-22-19(21-5)23-14-18(24)27-20(2,3)4;/h8-9,12H,7,10-11,13-14H2,1-6H3,(H2,21,22,23);1H. The van der Waals surface area contributed by atoms with Crippen molar-refractivity contribution in [1.29, 1.82) is 0 Å². The summed E-state index contributed by atoms with van der Waals surface area (Å²) >= 11 is 0. The van der Waals surface area contributed by atoms with E-state index in [4.69, 9.17) is 14.2 Å². The smallest absolute Gasteiger partial charge is 0.325 e. The third-order valence-electron chi connectivity index (χ3n) is 3.46. The number of carbonyl (C=O) groups excluding carboxylic acids is 1. The molecule has 0 aromatic heterocycles. The third-order valence-corrected chi connectivity index (χ3v) is 3.46. The van der Waals surface area contributed by atoms with E-state index in [0.29, 0.717) is 25.7 Å². The molecule has 2 N–H and O–H groups in total. The Morgan fingerprint density at radius 1 is 1.18 bits per heavy atom. The highest BCUT2D eigenvalue weighted by molar-refractivity contribution is 14.0. The second-order valence-corrected chi connectivity index (χ2v) is 7.17. The number of aliphatic imine (C=N–C) groups is 1. The van der Waals surface area contributed by atoms with Crippen LogP contribution < -0.4 is 15.4 Å². The lowest BCUT2D eigenvalue weighted by Gasteiger charge is -2.20. The number of benzene rings is 1. The Hall–Kier alpha value is -1.55. The number of guanidine groups is 1. The lowest BCUT2D eigenvalue weighted by atomic mass is 10.1. The highest BCUT2D eigenvalue weighted by Gasteiger charge is 2.16. The van der Waals surface area contributed by atoms with Crippen molar-refractivity contribution < 1.29 is 19.0 Å². The predicted octanol–water partition coefficient (Wildman–Crippen LogP) is 3.04. The first-order valence-electron chi connectivity index (χ1n) is 9.13. The minimum absolute atomic E-state index is 0. The number of carbonyl (C=O) groups is 1. The van der Waals surface area contributed by atoms with Gasteiger partial charge < -0.3 is 24.8 Å². The predicted molar refractivity (Wildman–Crippen MR) is 123 cm³/mol. The topological polar surface area (TPSA) is 81.2 Å². The fourth-order valence-corrected chi connectivity index (χ4v) is 2.26. The van der Waals surface area contributed by atoms with E-state index in [2.05, 4.69) is 15.6 Å². The molecule has 1 aromatic carbocycles. The van der Waals surface area contributed by atoms with Crippen molar-refractivity contribution in [2.75, 3.05) is 33.9 Å². The van der Waals surface area contributed by atoms with E-state index >= 15 is 0 Å². The van der Waals surface area contributed by atoms with E-state index in [1.54, 1.807) is 14.2 Å². The molecule has 0 heterocycles. The van der Waals surface area contributed by atoms with Gasteiger partial charge in [0.2, 0.25) is 0 Å². The van der Waals surface area contributed by atoms with E-state index in [0.717, 1.165) is 23.3 Å². The largest absolute Gasteiger partial charge is 0.493 e. The number of aryl methyl sites for hydroxylation is 1. The van der Waals surface area contributed by atoms with Crippen molar-refractivity contribution in [3.8, 4) is 5.75 Å². The molecular weight excluding hydrogens is 473 g/mol. The Morgan fingerprint density at radius 2 is 1.89 bits per heavy atom. The van der Waals surface area contributed by atoms with E-state index in [1.165, 1.54) is 0 Å². The second-order valence-electron chi connectivity index (χ2n) is 7.17. The minimum Gasteiger partial charge on any atom is -0.493 e. The van der Waals surface area contributed by atoms with Crippen LogP contribution in [0.4, 0.5) is 0 Å². The van der Waals surface area contributed by atoms with Crippen LogP contribution in [0.25, 0.3) is 0 Å². The minimum atomic E-state index is -0.507. The lowest BCUT2D eigenvalue weighted by Crippen LogP contribution is -2.41. The maximum Gasteiger partial charge on any atom is 0.325 e. The fraction of sp³-hybridized carbons (Fsp3) is 0.600. The van der Waals surface area contributed by atoms with Gasteiger partial charge in [-0.15, -0.1) is 24.0 Å². The Morgan fingerprint density at radius 3 is 2.50 bits per heavy atom. The number of esters is 1. The van der Waals surface area contributed by atoms with Gasteiger partial charge in [0.25, 0.3) is 0 Å². The highest BCUT2D eigenvalue weighted by Crippen LogP contribution is 2.20. The van der Waals surface area contributed by atoms with Crippen molar-refractivity contribution in [1.82, 2.24) is 10.6 Å². The molecule has 0 saturated carbocycles. The molecule has 0 bridgehead atoms. The van der Waals surface area contributed by atoms with Crippen LogP contribution >= 0.6 is 24.0 Å². The number of nitrogens with zero attached hydrogens (tertiary/aromatic N) is 1. The van der Waals surface area contributed by atoms with Crippen LogP contribution in [0.5, 0.6) is 5.75 Å². The summed E-state index contributed by atoms with van der Waals surface area (Å²) in [5.74, 6) is 1.02. The molecule has 0 atom stereocenters. The number of rotatable bonds is 9. The normalized spacial score (nSPS) is 11.4. The number of halogens is 1. The van der Waals surface area contributed by atoms with Gasteiger partial charge in [0.1, 0.15) is 17.9 Å². The molecule has 0 spiro atoms. The Bertz CT molecular complexity index is 630. The first kappa shape index (κ1) is 26.4. The zero-order valence-corrected chi connectivity index (χ0v) is 20.1. The SMILES string of the molecule is CN=C(NCC(=O)OC(C)(C)C)NCc1ccc(C)cc1OCCCOC.I. The van der Waals surface area contributed by atoms with E-state index < -0.39 is 5.60 Å².